The van der Waals surface area contributed by atoms with Crippen molar-refractivity contribution in [3.63, 3.8) is 0 Å². The monoisotopic (exact) mass is 483 g/mol. The summed E-state index contributed by atoms with van der Waals surface area (Å²) in [6, 6.07) is 14.0. The summed E-state index contributed by atoms with van der Waals surface area (Å²) < 4.78 is 28.0. The highest BCUT2D eigenvalue weighted by Gasteiger charge is 2.37. The van der Waals surface area contributed by atoms with Gasteiger partial charge in [0.2, 0.25) is 21.8 Å². The molecule has 0 saturated carbocycles. The van der Waals surface area contributed by atoms with E-state index in [0.29, 0.717) is 12.2 Å². The van der Waals surface area contributed by atoms with Crippen molar-refractivity contribution in [3.05, 3.63) is 54.1 Å². The molecule has 8 heteroatoms. The molecule has 0 radical (unpaired) electrons. The zero-order chi connectivity index (χ0) is 24.5. The molecule has 4 rings (SSSR count). The molecule has 2 aromatic rings. The second-order valence-electron chi connectivity index (χ2n) is 9.37. The van der Waals surface area contributed by atoms with Gasteiger partial charge in [0.1, 0.15) is 0 Å². The van der Waals surface area contributed by atoms with Crippen molar-refractivity contribution in [2.75, 3.05) is 16.8 Å². The van der Waals surface area contributed by atoms with Crippen molar-refractivity contribution in [2.45, 2.75) is 69.9 Å². The van der Waals surface area contributed by atoms with Crippen LogP contribution in [0.25, 0.3) is 0 Å². The van der Waals surface area contributed by atoms with E-state index in [-0.39, 0.29) is 35.2 Å². The van der Waals surface area contributed by atoms with Gasteiger partial charge in [0, 0.05) is 36.4 Å². The minimum absolute atomic E-state index is 0.0335. The molecule has 0 aliphatic carbocycles. The van der Waals surface area contributed by atoms with E-state index in [1.165, 1.54) is 0 Å². The second-order valence-corrected chi connectivity index (χ2v) is 11.2. The molecule has 0 aromatic heterocycles. The first-order chi connectivity index (χ1) is 16.2. The SMILES string of the molecule is CCc1ccccc1N1C[C@H](C(=O)Nc2ccc(S(=O)(=O)N3[C@H](C)CCC[C@@H]3C)cc2)CC1=O. The molecule has 3 atom stereocenters. The molecule has 2 aliphatic rings. The van der Waals surface area contributed by atoms with Gasteiger partial charge < -0.3 is 10.2 Å². The first-order valence-corrected chi connectivity index (χ1v) is 13.5. The highest BCUT2D eigenvalue weighted by molar-refractivity contribution is 7.89. The molecular formula is C26H33N3O4S. The minimum atomic E-state index is -3.60. The number of anilines is 2. The van der Waals surface area contributed by atoms with Crippen LogP contribution < -0.4 is 10.2 Å². The molecule has 7 nitrogen and oxygen atoms in total. The lowest BCUT2D eigenvalue weighted by molar-refractivity contribution is -0.122. The Hall–Kier alpha value is -2.71. The Morgan fingerprint density at radius 3 is 2.32 bits per heavy atom. The minimum Gasteiger partial charge on any atom is -0.326 e. The van der Waals surface area contributed by atoms with Crippen molar-refractivity contribution in [1.82, 2.24) is 4.31 Å². The third-order valence-electron chi connectivity index (χ3n) is 6.97. The molecular weight excluding hydrogens is 450 g/mol. The summed E-state index contributed by atoms with van der Waals surface area (Å²) >= 11 is 0. The highest BCUT2D eigenvalue weighted by Crippen LogP contribution is 2.31. The Labute approximate surface area is 202 Å². The van der Waals surface area contributed by atoms with Crippen molar-refractivity contribution >= 4 is 33.2 Å². The van der Waals surface area contributed by atoms with E-state index in [2.05, 4.69) is 5.32 Å². The molecule has 2 saturated heterocycles. The fraction of sp³-hybridized carbons (Fsp3) is 0.462. The molecule has 2 aromatic carbocycles. The number of para-hydroxylation sites is 1. The van der Waals surface area contributed by atoms with Gasteiger partial charge in [0.05, 0.1) is 10.8 Å². The Morgan fingerprint density at radius 1 is 1.03 bits per heavy atom. The van der Waals surface area contributed by atoms with E-state index >= 15 is 0 Å². The number of nitrogens with one attached hydrogen (secondary N) is 1. The summed E-state index contributed by atoms with van der Waals surface area (Å²) in [5.74, 6) is -0.762. The third-order valence-corrected chi connectivity index (χ3v) is 9.11. The van der Waals surface area contributed by atoms with Gasteiger partial charge in [-0.05, 0) is 69.0 Å². The average Bonchev–Trinajstić information content (AvgIpc) is 3.20. The van der Waals surface area contributed by atoms with Crippen molar-refractivity contribution in [2.24, 2.45) is 5.92 Å². The number of hydrogen-bond donors (Lipinski definition) is 1. The number of rotatable bonds is 6. The Kier molecular flexibility index (Phi) is 7.09. The van der Waals surface area contributed by atoms with E-state index < -0.39 is 15.9 Å². The van der Waals surface area contributed by atoms with Crippen LogP contribution in [0.2, 0.25) is 0 Å². The number of hydrogen-bond acceptors (Lipinski definition) is 4. The average molecular weight is 484 g/mol. The summed E-state index contributed by atoms with van der Waals surface area (Å²) in [5.41, 5.74) is 2.45. The van der Waals surface area contributed by atoms with Gasteiger partial charge in [0.15, 0.2) is 0 Å². The predicted octanol–water partition coefficient (Wildman–Crippen LogP) is 4.19. The molecule has 2 aliphatic heterocycles. The number of amides is 2. The Bertz CT molecular complexity index is 1150. The Morgan fingerprint density at radius 2 is 1.68 bits per heavy atom. The van der Waals surface area contributed by atoms with Crippen LogP contribution in [-0.4, -0.2) is 43.2 Å². The number of carbonyl (C=O) groups excluding carboxylic acids is 2. The normalized spacial score (nSPS) is 23.8. The van der Waals surface area contributed by atoms with Gasteiger partial charge in [-0.1, -0.05) is 31.5 Å². The smallest absolute Gasteiger partial charge is 0.243 e. The van der Waals surface area contributed by atoms with Crippen LogP contribution in [-0.2, 0) is 26.0 Å². The number of benzene rings is 2. The van der Waals surface area contributed by atoms with Gasteiger partial charge in [-0.3, -0.25) is 9.59 Å². The molecule has 2 fully saturated rings. The summed E-state index contributed by atoms with van der Waals surface area (Å²) in [7, 11) is -3.60. The van der Waals surface area contributed by atoms with E-state index in [1.54, 1.807) is 33.5 Å². The van der Waals surface area contributed by atoms with Gasteiger partial charge in [-0.25, -0.2) is 8.42 Å². The lowest BCUT2D eigenvalue weighted by Gasteiger charge is -2.37. The maximum atomic E-state index is 13.2. The maximum Gasteiger partial charge on any atom is 0.243 e. The maximum absolute atomic E-state index is 13.2. The first-order valence-electron chi connectivity index (χ1n) is 12.0. The summed E-state index contributed by atoms with van der Waals surface area (Å²) in [5, 5.41) is 2.85. The topological polar surface area (TPSA) is 86.8 Å². The molecule has 0 unspecified atom stereocenters. The zero-order valence-corrected chi connectivity index (χ0v) is 20.8. The largest absolute Gasteiger partial charge is 0.326 e. The van der Waals surface area contributed by atoms with Crippen LogP contribution >= 0.6 is 0 Å². The first kappa shape index (κ1) is 24.4. The lowest BCUT2D eigenvalue weighted by atomic mass is 10.0. The van der Waals surface area contributed by atoms with E-state index in [1.807, 2.05) is 45.0 Å². The van der Waals surface area contributed by atoms with Crippen molar-refractivity contribution in [3.8, 4) is 0 Å². The van der Waals surface area contributed by atoms with Crippen LogP contribution in [0.4, 0.5) is 11.4 Å². The van der Waals surface area contributed by atoms with Crippen molar-refractivity contribution < 1.29 is 18.0 Å². The summed E-state index contributed by atoms with van der Waals surface area (Å²) in [6.45, 7) is 6.28. The Balaban J connectivity index is 1.44. The number of aryl methyl sites for hydroxylation is 1. The standard InChI is InChI=1S/C26H33N3O4S/c1-4-20-10-5-6-11-24(20)28-17-21(16-25(28)30)26(31)27-22-12-14-23(15-13-22)34(32,33)29-18(2)8-7-9-19(29)3/h5-6,10-15,18-19,21H,4,7-9,16-17H2,1-3H3,(H,27,31)/t18-,19+,21-/m1/s1. The molecule has 2 amide bonds. The number of sulfonamides is 1. The quantitative estimate of drug-likeness (QED) is 0.667. The number of carbonyl (C=O) groups is 2. The number of nitrogens with zero attached hydrogens (tertiary/aromatic N) is 2. The van der Waals surface area contributed by atoms with Gasteiger partial charge in [0.25, 0.3) is 0 Å². The van der Waals surface area contributed by atoms with Crippen LogP contribution in [0, 0.1) is 5.92 Å². The van der Waals surface area contributed by atoms with Crippen LogP contribution in [0.5, 0.6) is 0 Å². The van der Waals surface area contributed by atoms with Crippen LogP contribution in [0.3, 0.4) is 0 Å². The molecule has 0 spiro atoms. The predicted molar refractivity (Wildman–Crippen MR) is 133 cm³/mol. The highest BCUT2D eigenvalue weighted by atomic mass is 32.2. The molecule has 34 heavy (non-hydrogen) atoms. The fourth-order valence-corrected chi connectivity index (χ4v) is 7.02. The summed E-state index contributed by atoms with van der Waals surface area (Å²) in [6.07, 6.45) is 3.71. The number of piperidine rings is 1. The lowest BCUT2D eigenvalue weighted by Crippen LogP contribution is -2.47. The van der Waals surface area contributed by atoms with E-state index in [0.717, 1.165) is 36.9 Å². The van der Waals surface area contributed by atoms with Crippen molar-refractivity contribution in [1.29, 1.82) is 0 Å². The van der Waals surface area contributed by atoms with Gasteiger partial charge in [-0.15, -0.1) is 0 Å². The molecule has 0 bridgehead atoms. The molecule has 2 heterocycles. The third kappa shape index (κ3) is 4.74. The fourth-order valence-electron chi connectivity index (χ4n) is 5.14. The molecule has 1 N–H and O–H groups in total. The van der Waals surface area contributed by atoms with Gasteiger partial charge >= 0.3 is 0 Å². The summed E-state index contributed by atoms with van der Waals surface area (Å²) in [4.78, 5) is 27.5. The zero-order valence-electron chi connectivity index (χ0n) is 20.0. The van der Waals surface area contributed by atoms with E-state index in [4.69, 9.17) is 0 Å². The molecule has 182 valence electrons. The second kappa shape index (κ2) is 9.88. The van der Waals surface area contributed by atoms with Gasteiger partial charge in [-0.2, -0.15) is 4.31 Å². The van der Waals surface area contributed by atoms with Crippen LogP contribution in [0.15, 0.2) is 53.4 Å². The van der Waals surface area contributed by atoms with Crippen LogP contribution in [0.1, 0.15) is 52.0 Å². The van der Waals surface area contributed by atoms with E-state index in [9.17, 15) is 18.0 Å².